The second kappa shape index (κ2) is 7.41. The minimum absolute atomic E-state index is 0.0441. The number of hydrogen-bond acceptors (Lipinski definition) is 2. The molecular formula is C14H20BrNO2. The fraction of sp³-hybridized carbons (Fsp3) is 0.500. The molecule has 0 bridgehead atoms. The Hall–Kier alpha value is -1.03. The summed E-state index contributed by atoms with van der Waals surface area (Å²) >= 11 is 3.38. The van der Waals surface area contributed by atoms with Crippen molar-refractivity contribution in [3.8, 4) is 5.75 Å². The van der Waals surface area contributed by atoms with Gasteiger partial charge in [0.1, 0.15) is 5.75 Å². The molecule has 1 aromatic rings. The van der Waals surface area contributed by atoms with Gasteiger partial charge in [-0.2, -0.15) is 0 Å². The van der Waals surface area contributed by atoms with E-state index >= 15 is 0 Å². The first-order valence-electron chi connectivity index (χ1n) is 6.20. The maximum atomic E-state index is 11.9. The van der Waals surface area contributed by atoms with Crippen molar-refractivity contribution in [1.29, 1.82) is 0 Å². The van der Waals surface area contributed by atoms with Gasteiger partial charge >= 0.3 is 0 Å². The normalized spacial score (nSPS) is 12.3. The number of benzene rings is 1. The van der Waals surface area contributed by atoms with E-state index in [2.05, 4.69) is 21.2 Å². The number of halogens is 1. The average molecular weight is 314 g/mol. The molecule has 1 amide bonds. The lowest BCUT2D eigenvalue weighted by Crippen LogP contribution is -2.35. The van der Waals surface area contributed by atoms with Crippen molar-refractivity contribution < 1.29 is 9.53 Å². The molecule has 0 aliphatic heterocycles. The maximum absolute atomic E-state index is 11.9. The number of amides is 1. The molecule has 3 nitrogen and oxygen atoms in total. The number of ether oxygens (including phenoxy) is 1. The number of nitrogens with one attached hydrogen (secondary N) is 1. The van der Waals surface area contributed by atoms with Crippen LogP contribution in [0, 0.1) is 0 Å². The maximum Gasteiger partial charge on any atom is 0.251 e. The molecule has 1 unspecified atom stereocenters. The van der Waals surface area contributed by atoms with Crippen LogP contribution in [-0.4, -0.2) is 23.4 Å². The molecule has 0 saturated heterocycles. The molecule has 1 aromatic carbocycles. The highest BCUT2D eigenvalue weighted by atomic mass is 79.9. The molecule has 0 aliphatic rings. The lowest BCUT2D eigenvalue weighted by molar-refractivity contribution is 0.0940. The minimum Gasteiger partial charge on any atom is -0.491 e. The molecule has 0 aliphatic carbocycles. The van der Waals surface area contributed by atoms with Crippen molar-refractivity contribution in [2.24, 2.45) is 0 Å². The van der Waals surface area contributed by atoms with Crippen molar-refractivity contribution in [2.45, 2.75) is 39.3 Å². The van der Waals surface area contributed by atoms with Gasteiger partial charge < -0.3 is 10.1 Å². The van der Waals surface area contributed by atoms with Crippen LogP contribution in [0.3, 0.4) is 0 Å². The third kappa shape index (κ3) is 4.69. The number of rotatable bonds is 6. The number of carbonyl (C=O) groups is 1. The smallest absolute Gasteiger partial charge is 0.251 e. The van der Waals surface area contributed by atoms with Crippen molar-refractivity contribution in [2.75, 3.05) is 5.33 Å². The van der Waals surface area contributed by atoms with Gasteiger partial charge in [0.25, 0.3) is 5.91 Å². The summed E-state index contributed by atoms with van der Waals surface area (Å²) in [6.45, 7) is 6.00. The quantitative estimate of drug-likeness (QED) is 0.818. The molecule has 0 aromatic heterocycles. The van der Waals surface area contributed by atoms with E-state index in [-0.39, 0.29) is 18.1 Å². The topological polar surface area (TPSA) is 38.3 Å². The molecule has 0 spiro atoms. The van der Waals surface area contributed by atoms with E-state index in [1.807, 2.05) is 32.9 Å². The molecule has 4 heteroatoms. The molecule has 100 valence electrons. The van der Waals surface area contributed by atoms with E-state index < -0.39 is 0 Å². The van der Waals surface area contributed by atoms with Gasteiger partial charge in [-0.15, -0.1) is 0 Å². The Morgan fingerprint density at radius 2 is 1.94 bits per heavy atom. The van der Waals surface area contributed by atoms with Crippen LogP contribution in [0.1, 0.15) is 37.6 Å². The fourth-order valence-electron chi connectivity index (χ4n) is 1.48. The third-order valence-electron chi connectivity index (χ3n) is 2.50. The second-order valence-electron chi connectivity index (χ2n) is 4.42. The predicted octanol–water partition coefficient (Wildman–Crippen LogP) is 3.38. The van der Waals surface area contributed by atoms with Crippen LogP contribution in [0.25, 0.3) is 0 Å². The fourth-order valence-corrected chi connectivity index (χ4v) is 2.10. The van der Waals surface area contributed by atoms with Crippen molar-refractivity contribution in [1.82, 2.24) is 5.32 Å². The third-order valence-corrected chi connectivity index (χ3v) is 3.28. The molecule has 0 radical (unpaired) electrons. The van der Waals surface area contributed by atoms with Crippen LogP contribution in [-0.2, 0) is 0 Å². The van der Waals surface area contributed by atoms with Crippen molar-refractivity contribution in [3.63, 3.8) is 0 Å². The molecule has 18 heavy (non-hydrogen) atoms. The van der Waals surface area contributed by atoms with Crippen LogP contribution >= 0.6 is 15.9 Å². The Kier molecular flexibility index (Phi) is 6.19. The first-order valence-corrected chi connectivity index (χ1v) is 7.32. The summed E-state index contributed by atoms with van der Waals surface area (Å²) in [7, 11) is 0. The molecule has 1 atom stereocenters. The van der Waals surface area contributed by atoms with Crippen molar-refractivity contribution >= 4 is 21.8 Å². The predicted molar refractivity (Wildman–Crippen MR) is 77.5 cm³/mol. The number of alkyl halides is 1. The van der Waals surface area contributed by atoms with Gasteiger partial charge in [0.15, 0.2) is 0 Å². The highest BCUT2D eigenvalue weighted by Crippen LogP contribution is 2.14. The summed E-state index contributed by atoms with van der Waals surface area (Å²) < 4.78 is 5.53. The Labute approximate surface area is 117 Å². The number of hydrogen-bond donors (Lipinski definition) is 1. The van der Waals surface area contributed by atoms with Crippen LogP contribution in [0.15, 0.2) is 24.3 Å². The van der Waals surface area contributed by atoms with Gasteiger partial charge in [-0.25, -0.2) is 0 Å². The van der Waals surface area contributed by atoms with Gasteiger partial charge in [-0.05, 0) is 44.5 Å². The van der Waals surface area contributed by atoms with Crippen LogP contribution in [0.4, 0.5) is 0 Å². The Morgan fingerprint density at radius 1 is 1.33 bits per heavy atom. The first kappa shape index (κ1) is 15.0. The summed E-state index contributed by atoms with van der Waals surface area (Å²) in [6.07, 6.45) is 1.05. The molecule has 1 N–H and O–H groups in total. The zero-order valence-corrected chi connectivity index (χ0v) is 12.7. The highest BCUT2D eigenvalue weighted by Gasteiger charge is 2.11. The lowest BCUT2D eigenvalue weighted by Gasteiger charge is -2.14. The minimum atomic E-state index is -0.0441. The van der Waals surface area contributed by atoms with E-state index in [1.165, 1.54) is 0 Å². The van der Waals surface area contributed by atoms with E-state index in [0.717, 1.165) is 17.5 Å². The zero-order valence-electron chi connectivity index (χ0n) is 11.1. The molecule has 0 heterocycles. The van der Waals surface area contributed by atoms with E-state index in [9.17, 15) is 4.79 Å². The van der Waals surface area contributed by atoms with Gasteiger partial charge in [-0.3, -0.25) is 4.79 Å². The van der Waals surface area contributed by atoms with Crippen LogP contribution in [0.5, 0.6) is 5.75 Å². The lowest BCUT2D eigenvalue weighted by atomic mass is 10.2. The average Bonchev–Trinajstić information content (AvgIpc) is 2.35. The van der Waals surface area contributed by atoms with Crippen LogP contribution in [0.2, 0.25) is 0 Å². The monoisotopic (exact) mass is 313 g/mol. The van der Waals surface area contributed by atoms with E-state index in [1.54, 1.807) is 12.1 Å². The summed E-state index contributed by atoms with van der Waals surface area (Å²) in [5, 5.41) is 3.73. The Balaban J connectivity index is 2.64. The van der Waals surface area contributed by atoms with Gasteiger partial charge in [0, 0.05) is 16.9 Å². The van der Waals surface area contributed by atoms with E-state index in [4.69, 9.17) is 4.74 Å². The summed E-state index contributed by atoms with van der Waals surface area (Å²) in [5.41, 5.74) is 0.658. The zero-order chi connectivity index (χ0) is 13.5. The number of carbonyl (C=O) groups excluding carboxylic acids is 1. The standard InChI is InChI=1S/C14H20BrNO2/c1-4-12(9-15)16-14(17)11-5-7-13(8-6-11)18-10(2)3/h5-8,10,12H,4,9H2,1-3H3,(H,16,17). The summed E-state index contributed by atoms with van der Waals surface area (Å²) in [5.74, 6) is 0.742. The molecule has 0 saturated carbocycles. The molecule has 1 rings (SSSR count). The largest absolute Gasteiger partial charge is 0.491 e. The van der Waals surface area contributed by atoms with Gasteiger partial charge in [0.05, 0.1) is 6.10 Å². The molecule has 0 fully saturated rings. The Morgan fingerprint density at radius 3 is 2.39 bits per heavy atom. The van der Waals surface area contributed by atoms with Crippen LogP contribution < -0.4 is 10.1 Å². The van der Waals surface area contributed by atoms with Crippen molar-refractivity contribution in [3.05, 3.63) is 29.8 Å². The summed E-state index contributed by atoms with van der Waals surface area (Å²) in [4.78, 5) is 11.9. The second-order valence-corrected chi connectivity index (χ2v) is 5.07. The Bertz CT molecular complexity index is 372. The summed E-state index contributed by atoms with van der Waals surface area (Å²) in [6, 6.07) is 7.39. The first-order chi connectivity index (χ1) is 8.56. The molecular weight excluding hydrogens is 294 g/mol. The SMILES string of the molecule is CCC(CBr)NC(=O)c1ccc(OC(C)C)cc1. The van der Waals surface area contributed by atoms with E-state index in [0.29, 0.717) is 5.56 Å². The van der Waals surface area contributed by atoms with Gasteiger partial charge in [-0.1, -0.05) is 22.9 Å². The van der Waals surface area contributed by atoms with Gasteiger partial charge in [0.2, 0.25) is 0 Å². The highest BCUT2D eigenvalue weighted by molar-refractivity contribution is 9.09.